The monoisotopic (exact) mass is 240 g/mol. The molecule has 3 nitrogen and oxygen atoms in total. The Balaban J connectivity index is 2.11. The topological polar surface area (TPSA) is 41.1 Å². The number of nitrogens with one attached hydrogen (secondary N) is 2. The highest BCUT2D eigenvalue weighted by Gasteiger charge is 2.29. The second-order valence-electron chi connectivity index (χ2n) is 5.93. The zero-order valence-corrected chi connectivity index (χ0v) is 11.8. The van der Waals surface area contributed by atoms with Crippen LogP contribution in [0.2, 0.25) is 0 Å². The van der Waals surface area contributed by atoms with E-state index in [0.29, 0.717) is 24.4 Å². The predicted molar refractivity (Wildman–Crippen MR) is 71.8 cm³/mol. The molecule has 1 aliphatic carbocycles. The smallest absolute Gasteiger partial charge is 0.233 e. The summed E-state index contributed by atoms with van der Waals surface area (Å²) in [5.74, 6) is 2.27. The van der Waals surface area contributed by atoms with E-state index in [1.165, 1.54) is 12.8 Å². The average molecular weight is 240 g/mol. The normalized spacial score (nSPS) is 28.6. The van der Waals surface area contributed by atoms with Crippen molar-refractivity contribution in [1.82, 2.24) is 10.6 Å². The Hall–Kier alpha value is -0.570. The molecule has 3 heteroatoms. The molecule has 0 radical (unpaired) electrons. The Bertz CT molecular complexity index is 240. The van der Waals surface area contributed by atoms with Crippen LogP contribution in [0.5, 0.6) is 0 Å². The first-order valence-electron chi connectivity index (χ1n) is 7.00. The van der Waals surface area contributed by atoms with Gasteiger partial charge in [-0.05, 0) is 37.0 Å². The molecule has 3 atom stereocenters. The van der Waals surface area contributed by atoms with Crippen molar-refractivity contribution in [3.63, 3.8) is 0 Å². The van der Waals surface area contributed by atoms with E-state index >= 15 is 0 Å². The number of carbonyl (C=O) groups is 1. The fraction of sp³-hybridized carbons (Fsp3) is 0.929. The maximum absolute atomic E-state index is 11.6. The molecule has 17 heavy (non-hydrogen) atoms. The molecule has 0 saturated heterocycles. The first-order valence-corrected chi connectivity index (χ1v) is 7.00. The van der Waals surface area contributed by atoms with Crippen molar-refractivity contribution in [2.75, 3.05) is 13.1 Å². The molecule has 1 aliphatic rings. The Labute approximate surface area is 106 Å². The van der Waals surface area contributed by atoms with Crippen LogP contribution in [0.15, 0.2) is 0 Å². The molecule has 0 aliphatic heterocycles. The summed E-state index contributed by atoms with van der Waals surface area (Å²) in [7, 11) is 0. The molecule has 0 aromatic carbocycles. The lowest BCUT2D eigenvalue weighted by atomic mass is 9.98. The predicted octanol–water partition coefficient (Wildman–Crippen LogP) is 2.17. The summed E-state index contributed by atoms with van der Waals surface area (Å²) >= 11 is 0. The Morgan fingerprint density at radius 1 is 1.29 bits per heavy atom. The van der Waals surface area contributed by atoms with Crippen LogP contribution in [0.1, 0.15) is 47.0 Å². The zero-order valence-electron chi connectivity index (χ0n) is 11.8. The van der Waals surface area contributed by atoms with Crippen LogP contribution in [0, 0.1) is 17.8 Å². The SMILES string of the molecule is CC(C)CCNC(=O)CNC1CCC(C)C1C. The van der Waals surface area contributed by atoms with Gasteiger partial charge in [-0.1, -0.05) is 27.7 Å². The summed E-state index contributed by atoms with van der Waals surface area (Å²) in [6, 6.07) is 0.529. The second kappa shape index (κ2) is 7.00. The molecule has 1 saturated carbocycles. The molecule has 100 valence electrons. The molecule has 0 heterocycles. The summed E-state index contributed by atoms with van der Waals surface area (Å²) in [4.78, 5) is 11.6. The molecular weight excluding hydrogens is 212 g/mol. The van der Waals surface area contributed by atoms with E-state index in [9.17, 15) is 4.79 Å². The van der Waals surface area contributed by atoms with Gasteiger partial charge in [0.2, 0.25) is 5.91 Å². The van der Waals surface area contributed by atoms with Gasteiger partial charge in [0.25, 0.3) is 0 Å². The summed E-state index contributed by atoms with van der Waals surface area (Å²) in [6.45, 7) is 10.2. The molecule has 2 N–H and O–H groups in total. The van der Waals surface area contributed by atoms with Crippen LogP contribution in [0.4, 0.5) is 0 Å². The number of amides is 1. The zero-order chi connectivity index (χ0) is 12.8. The summed E-state index contributed by atoms with van der Waals surface area (Å²) in [6.07, 6.45) is 3.55. The Morgan fingerprint density at radius 3 is 2.53 bits per heavy atom. The number of hydrogen-bond acceptors (Lipinski definition) is 2. The highest BCUT2D eigenvalue weighted by molar-refractivity contribution is 5.77. The molecule has 0 aromatic heterocycles. The minimum absolute atomic E-state index is 0.136. The van der Waals surface area contributed by atoms with Gasteiger partial charge in [-0.15, -0.1) is 0 Å². The van der Waals surface area contributed by atoms with E-state index in [2.05, 4.69) is 38.3 Å². The number of rotatable bonds is 6. The number of carbonyl (C=O) groups excluding carboxylic acids is 1. The first kappa shape index (κ1) is 14.5. The minimum Gasteiger partial charge on any atom is -0.355 e. The lowest BCUT2D eigenvalue weighted by Gasteiger charge is -2.19. The van der Waals surface area contributed by atoms with Crippen molar-refractivity contribution >= 4 is 5.91 Å². The van der Waals surface area contributed by atoms with E-state index in [1.54, 1.807) is 0 Å². The molecule has 0 spiro atoms. The van der Waals surface area contributed by atoms with Crippen molar-refractivity contribution < 1.29 is 4.79 Å². The van der Waals surface area contributed by atoms with Crippen molar-refractivity contribution in [3.8, 4) is 0 Å². The molecule has 1 amide bonds. The van der Waals surface area contributed by atoms with Gasteiger partial charge < -0.3 is 10.6 Å². The average Bonchev–Trinajstić information content (AvgIpc) is 2.57. The van der Waals surface area contributed by atoms with E-state index < -0.39 is 0 Å². The molecule has 1 fully saturated rings. The molecular formula is C14H28N2O. The van der Waals surface area contributed by atoms with E-state index in [0.717, 1.165) is 18.9 Å². The largest absolute Gasteiger partial charge is 0.355 e. The molecule has 3 unspecified atom stereocenters. The van der Waals surface area contributed by atoms with Gasteiger partial charge in [0.05, 0.1) is 6.54 Å². The number of hydrogen-bond donors (Lipinski definition) is 2. The van der Waals surface area contributed by atoms with Gasteiger partial charge in [-0.3, -0.25) is 4.79 Å². The van der Waals surface area contributed by atoms with Gasteiger partial charge >= 0.3 is 0 Å². The fourth-order valence-electron chi connectivity index (χ4n) is 2.44. The molecule has 0 aromatic rings. The third-order valence-electron chi connectivity index (χ3n) is 4.03. The van der Waals surface area contributed by atoms with Gasteiger partial charge in [0.1, 0.15) is 0 Å². The lowest BCUT2D eigenvalue weighted by Crippen LogP contribution is -2.41. The highest BCUT2D eigenvalue weighted by Crippen LogP contribution is 2.30. The van der Waals surface area contributed by atoms with Crippen molar-refractivity contribution in [1.29, 1.82) is 0 Å². The van der Waals surface area contributed by atoms with Crippen LogP contribution in [-0.2, 0) is 4.79 Å². The van der Waals surface area contributed by atoms with Crippen LogP contribution < -0.4 is 10.6 Å². The standard InChI is InChI=1S/C14H28N2O/c1-10(2)7-8-15-14(17)9-16-13-6-5-11(3)12(13)4/h10-13,16H,5-9H2,1-4H3,(H,15,17). The highest BCUT2D eigenvalue weighted by atomic mass is 16.1. The first-order chi connectivity index (χ1) is 8.00. The second-order valence-corrected chi connectivity index (χ2v) is 5.93. The third-order valence-corrected chi connectivity index (χ3v) is 4.03. The summed E-state index contributed by atoms with van der Waals surface area (Å²) in [5, 5.41) is 6.35. The van der Waals surface area contributed by atoms with Crippen molar-refractivity contribution in [2.24, 2.45) is 17.8 Å². The van der Waals surface area contributed by atoms with Crippen LogP contribution in [-0.4, -0.2) is 25.0 Å². The van der Waals surface area contributed by atoms with Gasteiger partial charge in [-0.25, -0.2) is 0 Å². The minimum atomic E-state index is 0.136. The fourth-order valence-corrected chi connectivity index (χ4v) is 2.44. The third kappa shape index (κ3) is 5.07. The van der Waals surface area contributed by atoms with Gasteiger partial charge in [-0.2, -0.15) is 0 Å². The van der Waals surface area contributed by atoms with Crippen molar-refractivity contribution in [2.45, 2.75) is 53.0 Å². The Morgan fingerprint density at radius 2 is 2.00 bits per heavy atom. The van der Waals surface area contributed by atoms with Gasteiger partial charge in [0, 0.05) is 12.6 Å². The summed E-state index contributed by atoms with van der Waals surface area (Å²) < 4.78 is 0. The lowest BCUT2D eigenvalue weighted by molar-refractivity contribution is -0.120. The van der Waals surface area contributed by atoms with E-state index in [4.69, 9.17) is 0 Å². The van der Waals surface area contributed by atoms with E-state index in [1.807, 2.05) is 0 Å². The van der Waals surface area contributed by atoms with E-state index in [-0.39, 0.29) is 5.91 Å². The maximum atomic E-state index is 11.6. The van der Waals surface area contributed by atoms with Crippen molar-refractivity contribution in [3.05, 3.63) is 0 Å². The Kier molecular flexibility index (Phi) is 5.96. The van der Waals surface area contributed by atoms with Crippen LogP contribution in [0.25, 0.3) is 0 Å². The quantitative estimate of drug-likeness (QED) is 0.747. The van der Waals surface area contributed by atoms with Crippen LogP contribution >= 0.6 is 0 Å². The summed E-state index contributed by atoms with van der Waals surface area (Å²) in [5.41, 5.74) is 0. The maximum Gasteiger partial charge on any atom is 0.233 e. The van der Waals surface area contributed by atoms with Gasteiger partial charge in [0.15, 0.2) is 0 Å². The molecule has 0 bridgehead atoms. The molecule has 1 rings (SSSR count). The van der Waals surface area contributed by atoms with Crippen LogP contribution in [0.3, 0.4) is 0 Å².